The summed E-state index contributed by atoms with van der Waals surface area (Å²) in [6.45, 7) is 14.0. The zero-order valence-corrected chi connectivity index (χ0v) is 19.1. The maximum absolute atomic E-state index is 13.0. The van der Waals surface area contributed by atoms with Crippen LogP contribution in [0.3, 0.4) is 0 Å². The summed E-state index contributed by atoms with van der Waals surface area (Å²) in [4.78, 5) is 32.0. The summed E-state index contributed by atoms with van der Waals surface area (Å²) in [5.41, 5.74) is 2.07. The van der Waals surface area contributed by atoms with Gasteiger partial charge in [0.2, 0.25) is 11.8 Å². The Kier molecular flexibility index (Phi) is 7.89. The van der Waals surface area contributed by atoms with Crippen LogP contribution in [0.15, 0.2) is 24.3 Å². The number of piperazine rings is 1. The van der Waals surface area contributed by atoms with Gasteiger partial charge in [0, 0.05) is 45.0 Å². The number of rotatable bonds is 6. The Bertz CT molecular complexity index is 720. The summed E-state index contributed by atoms with van der Waals surface area (Å²) in [6, 6.07) is 7.88. The molecular formula is C24H38N4O2. The first kappa shape index (κ1) is 22.8. The monoisotopic (exact) mass is 414 g/mol. The van der Waals surface area contributed by atoms with Gasteiger partial charge in [-0.15, -0.1) is 0 Å². The van der Waals surface area contributed by atoms with E-state index < -0.39 is 0 Å². The summed E-state index contributed by atoms with van der Waals surface area (Å²) < 4.78 is 0. The van der Waals surface area contributed by atoms with Crippen LogP contribution in [0, 0.1) is 11.8 Å². The van der Waals surface area contributed by atoms with E-state index in [-0.39, 0.29) is 17.9 Å². The summed E-state index contributed by atoms with van der Waals surface area (Å²) in [6.07, 6.45) is 2.11. The first-order valence-corrected chi connectivity index (χ1v) is 11.5. The number of hydrogen-bond acceptors (Lipinski definition) is 4. The lowest BCUT2D eigenvalue weighted by Crippen LogP contribution is -2.56. The molecule has 2 amide bonds. The topological polar surface area (TPSA) is 55.9 Å². The van der Waals surface area contributed by atoms with Crippen molar-refractivity contribution in [2.24, 2.45) is 11.8 Å². The van der Waals surface area contributed by atoms with E-state index in [1.807, 2.05) is 25.1 Å². The van der Waals surface area contributed by atoms with Crippen LogP contribution in [0.25, 0.3) is 0 Å². The molecule has 0 aromatic heterocycles. The number of para-hydroxylation sites is 1. The quantitative estimate of drug-likeness (QED) is 0.778. The van der Waals surface area contributed by atoms with E-state index >= 15 is 0 Å². The van der Waals surface area contributed by atoms with Gasteiger partial charge in [-0.25, -0.2) is 0 Å². The lowest BCUT2D eigenvalue weighted by atomic mass is 9.91. The van der Waals surface area contributed by atoms with Crippen LogP contribution in [0.4, 0.5) is 5.69 Å². The number of nitrogens with zero attached hydrogens (tertiary/aromatic N) is 3. The van der Waals surface area contributed by atoms with Crippen molar-refractivity contribution >= 4 is 17.5 Å². The normalized spacial score (nSPS) is 24.5. The van der Waals surface area contributed by atoms with E-state index in [9.17, 15) is 9.59 Å². The van der Waals surface area contributed by atoms with E-state index in [1.54, 1.807) is 0 Å². The largest absolute Gasteiger partial charge is 0.341 e. The van der Waals surface area contributed by atoms with Crippen molar-refractivity contribution in [2.75, 3.05) is 51.1 Å². The molecule has 166 valence electrons. The average molecular weight is 415 g/mol. The molecule has 0 unspecified atom stereocenters. The molecule has 0 bridgehead atoms. The number of hydrogen-bond donors (Lipinski definition) is 1. The van der Waals surface area contributed by atoms with Crippen molar-refractivity contribution in [2.45, 2.75) is 46.6 Å². The number of benzene rings is 1. The molecule has 3 rings (SSSR count). The first-order valence-electron chi connectivity index (χ1n) is 11.5. The van der Waals surface area contributed by atoms with Crippen LogP contribution in [0.1, 0.15) is 39.7 Å². The van der Waals surface area contributed by atoms with Crippen molar-refractivity contribution in [1.82, 2.24) is 14.7 Å². The molecule has 0 saturated carbocycles. The molecule has 2 fully saturated rings. The predicted octanol–water partition coefficient (Wildman–Crippen LogP) is 2.70. The number of aryl methyl sites for hydroxylation is 1. The molecule has 2 aliphatic heterocycles. The standard InChI is InChI=1S/C24H38N4O2/c1-5-21-8-6-7-9-22(21)25-23(29)17-26-10-12-27(13-11-26)20(4)24(30)28-15-18(2)14-19(3)16-28/h6-9,18-20H,5,10-17H2,1-4H3,(H,25,29)/t18-,19+,20-/m1/s1. The highest BCUT2D eigenvalue weighted by Crippen LogP contribution is 2.22. The molecule has 1 aromatic carbocycles. The number of piperidine rings is 1. The summed E-state index contributed by atoms with van der Waals surface area (Å²) >= 11 is 0. The number of anilines is 1. The maximum atomic E-state index is 13.0. The number of carbonyl (C=O) groups is 2. The van der Waals surface area contributed by atoms with Crippen molar-refractivity contribution < 1.29 is 9.59 Å². The van der Waals surface area contributed by atoms with Crippen molar-refractivity contribution in [1.29, 1.82) is 0 Å². The van der Waals surface area contributed by atoms with Gasteiger partial charge >= 0.3 is 0 Å². The molecule has 0 aliphatic carbocycles. The van der Waals surface area contributed by atoms with Crippen LogP contribution < -0.4 is 5.32 Å². The summed E-state index contributed by atoms with van der Waals surface area (Å²) in [5, 5.41) is 3.06. The van der Waals surface area contributed by atoms with Gasteiger partial charge < -0.3 is 10.2 Å². The molecule has 2 aliphatic rings. The molecule has 6 nitrogen and oxygen atoms in total. The second kappa shape index (κ2) is 10.4. The van der Waals surface area contributed by atoms with Gasteiger partial charge in [-0.1, -0.05) is 39.0 Å². The Morgan fingerprint density at radius 1 is 1.07 bits per heavy atom. The number of carbonyl (C=O) groups excluding carboxylic acids is 2. The number of nitrogens with one attached hydrogen (secondary N) is 1. The van der Waals surface area contributed by atoms with Gasteiger partial charge in [0.1, 0.15) is 0 Å². The Morgan fingerprint density at radius 3 is 2.33 bits per heavy atom. The minimum atomic E-state index is -0.0880. The highest BCUT2D eigenvalue weighted by Gasteiger charge is 2.32. The molecular weight excluding hydrogens is 376 g/mol. The third kappa shape index (κ3) is 5.82. The molecule has 2 heterocycles. The Labute approximate surface area is 181 Å². The Morgan fingerprint density at radius 2 is 1.70 bits per heavy atom. The third-order valence-corrected chi connectivity index (χ3v) is 6.53. The zero-order valence-electron chi connectivity index (χ0n) is 19.1. The van der Waals surface area contributed by atoms with Gasteiger partial charge in [-0.05, 0) is 43.2 Å². The van der Waals surface area contributed by atoms with Crippen LogP contribution >= 0.6 is 0 Å². The van der Waals surface area contributed by atoms with E-state index in [0.717, 1.165) is 56.9 Å². The van der Waals surface area contributed by atoms with Gasteiger partial charge in [-0.3, -0.25) is 19.4 Å². The zero-order chi connectivity index (χ0) is 21.7. The van der Waals surface area contributed by atoms with Crippen LogP contribution in [-0.4, -0.2) is 78.4 Å². The Hall–Kier alpha value is -1.92. The van der Waals surface area contributed by atoms with Crippen molar-refractivity contribution in [3.63, 3.8) is 0 Å². The average Bonchev–Trinajstić information content (AvgIpc) is 2.73. The van der Waals surface area contributed by atoms with E-state index in [0.29, 0.717) is 18.4 Å². The van der Waals surface area contributed by atoms with Gasteiger partial charge in [0.15, 0.2) is 0 Å². The smallest absolute Gasteiger partial charge is 0.239 e. The molecule has 0 radical (unpaired) electrons. The highest BCUT2D eigenvalue weighted by molar-refractivity contribution is 5.93. The molecule has 0 spiro atoms. The molecule has 30 heavy (non-hydrogen) atoms. The number of likely N-dealkylation sites (tertiary alicyclic amines) is 1. The second-order valence-corrected chi connectivity index (χ2v) is 9.24. The van der Waals surface area contributed by atoms with E-state index in [4.69, 9.17) is 0 Å². The van der Waals surface area contributed by atoms with Crippen molar-refractivity contribution in [3.8, 4) is 0 Å². The molecule has 1 aromatic rings. The summed E-state index contributed by atoms with van der Waals surface area (Å²) in [7, 11) is 0. The maximum Gasteiger partial charge on any atom is 0.239 e. The fourth-order valence-electron chi connectivity index (χ4n) is 4.92. The fraction of sp³-hybridized carbons (Fsp3) is 0.667. The highest BCUT2D eigenvalue weighted by atomic mass is 16.2. The van der Waals surface area contributed by atoms with Gasteiger partial charge in [-0.2, -0.15) is 0 Å². The lowest BCUT2D eigenvalue weighted by molar-refractivity contribution is -0.140. The molecule has 3 atom stereocenters. The van der Waals surface area contributed by atoms with E-state index in [1.165, 1.54) is 6.42 Å². The third-order valence-electron chi connectivity index (χ3n) is 6.53. The van der Waals surface area contributed by atoms with Gasteiger partial charge in [0.25, 0.3) is 0 Å². The molecule has 6 heteroatoms. The second-order valence-electron chi connectivity index (χ2n) is 9.24. The van der Waals surface area contributed by atoms with Crippen molar-refractivity contribution in [3.05, 3.63) is 29.8 Å². The van der Waals surface area contributed by atoms with Crippen LogP contribution in [0.5, 0.6) is 0 Å². The minimum absolute atomic E-state index is 0.0322. The van der Waals surface area contributed by atoms with E-state index in [2.05, 4.69) is 46.9 Å². The number of amides is 2. The summed E-state index contributed by atoms with van der Waals surface area (Å²) in [5.74, 6) is 1.46. The SMILES string of the molecule is CCc1ccccc1NC(=O)CN1CCN([C@H](C)C(=O)N2C[C@H](C)C[C@H](C)C2)CC1. The molecule has 2 saturated heterocycles. The van der Waals surface area contributed by atoms with Crippen LogP contribution in [-0.2, 0) is 16.0 Å². The first-order chi connectivity index (χ1) is 14.4. The Balaban J connectivity index is 1.46. The minimum Gasteiger partial charge on any atom is -0.341 e. The van der Waals surface area contributed by atoms with Crippen LogP contribution in [0.2, 0.25) is 0 Å². The predicted molar refractivity (Wildman–Crippen MR) is 121 cm³/mol. The lowest BCUT2D eigenvalue weighted by Gasteiger charge is -2.41. The fourth-order valence-corrected chi connectivity index (χ4v) is 4.92. The van der Waals surface area contributed by atoms with Gasteiger partial charge in [0.05, 0.1) is 12.6 Å². The molecule has 1 N–H and O–H groups in total.